The first-order chi connectivity index (χ1) is 18.6. The lowest BCUT2D eigenvalue weighted by Crippen LogP contribution is -2.08. The monoisotopic (exact) mass is 552 g/mol. The van der Waals surface area contributed by atoms with Gasteiger partial charge in [0.2, 0.25) is 0 Å². The van der Waals surface area contributed by atoms with Crippen LogP contribution in [0, 0.1) is 0 Å². The minimum Gasteiger partial charge on any atom is -0.481 e. The summed E-state index contributed by atoms with van der Waals surface area (Å²) in [5.41, 5.74) is 3.53. The van der Waals surface area contributed by atoms with Crippen molar-refractivity contribution in [3.05, 3.63) is 107 Å². The first-order valence-electron chi connectivity index (χ1n) is 12.1. The van der Waals surface area contributed by atoms with E-state index in [4.69, 9.17) is 16.7 Å². The number of aliphatic carboxylic acids is 1. The summed E-state index contributed by atoms with van der Waals surface area (Å²) < 4.78 is 40.5. The molecule has 5 nitrogen and oxygen atoms in total. The molecule has 0 atom stereocenters. The number of anilines is 1. The molecular formula is C30H24ClF3N2O3. The molecule has 0 aliphatic rings. The van der Waals surface area contributed by atoms with Crippen molar-refractivity contribution in [1.82, 2.24) is 4.98 Å². The third-order valence-corrected chi connectivity index (χ3v) is 6.39. The van der Waals surface area contributed by atoms with E-state index in [9.17, 15) is 22.8 Å². The van der Waals surface area contributed by atoms with E-state index < -0.39 is 17.7 Å². The molecule has 0 spiro atoms. The van der Waals surface area contributed by atoms with Crippen molar-refractivity contribution in [2.75, 3.05) is 5.32 Å². The van der Waals surface area contributed by atoms with Crippen LogP contribution in [-0.2, 0) is 17.5 Å². The molecule has 0 aliphatic carbocycles. The van der Waals surface area contributed by atoms with Crippen molar-refractivity contribution in [2.24, 2.45) is 0 Å². The maximum atomic E-state index is 13.5. The van der Waals surface area contributed by atoms with Gasteiger partial charge in [-0.3, -0.25) is 14.6 Å². The summed E-state index contributed by atoms with van der Waals surface area (Å²) in [6.45, 7) is 0.254. The second-order valence-corrected chi connectivity index (χ2v) is 9.35. The fourth-order valence-electron chi connectivity index (χ4n) is 4.04. The third kappa shape index (κ3) is 7.45. The summed E-state index contributed by atoms with van der Waals surface area (Å²) in [7, 11) is 0. The largest absolute Gasteiger partial charge is 0.481 e. The SMILES string of the molecule is O=C(O)CCCC(=O)c1ccc(-c2cc(C(F)(F)F)ccc2CNc2ccc(-c3ccc(Cl)cc3)cc2)cn1. The highest BCUT2D eigenvalue weighted by molar-refractivity contribution is 6.30. The zero-order valence-electron chi connectivity index (χ0n) is 20.6. The topological polar surface area (TPSA) is 79.3 Å². The first kappa shape index (κ1) is 27.9. The molecule has 200 valence electrons. The Morgan fingerprint density at radius 1 is 0.846 bits per heavy atom. The Bertz CT molecular complexity index is 1450. The molecule has 1 aromatic heterocycles. The van der Waals surface area contributed by atoms with Gasteiger partial charge in [-0.05, 0) is 71.1 Å². The number of aromatic nitrogens is 1. The van der Waals surface area contributed by atoms with E-state index in [0.29, 0.717) is 21.7 Å². The molecule has 0 unspecified atom stereocenters. The maximum Gasteiger partial charge on any atom is 0.416 e. The first-order valence-corrected chi connectivity index (χ1v) is 12.5. The number of rotatable bonds is 10. The molecule has 9 heteroatoms. The quantitative estimate of drug-likeness (QED) is 0.194. The number of carboxylic acid groups (broad SMARTS) is 1. The number of halogens is 4. The van der Waals surface area contributed by atoms with Crippen LogP contribution >= 0.6 is 11.6 Å². The predicted molar refractivity (Wildman–Crippen MR) is 145 cm³/mol. The van der Waals surface area contributed by atoms with Crippen LogP contribution in [-0.4, -0.2) is 21.8 Å². The smallest absolute Gasteiger partial charge is 0.416 e. The van der Waals surface area contributed by atoms with E-state index in [0.717, 1.165) is 28.9 Å². The minimum atomic E-state index is -4.52. The lowest BCUT2D eigenvalue weighted by atomic mass is 9.97. The number of carbonyl (C=O) groups is 2. The fraction of sp³-hybridized carbons (Fsp3) is 0.167. The predicted octanol–water partition coefficient (Wildman–Crippen LogP) is 8.14. The van der Waals surface area contributed by atoms with Gasteiger partial charge in [0.1, 0.15) is 5.69 Å². The third-order valence-electron chi connectivity index (χ3n) is 6.14. The van der Waals surface area contributed by atoms with Crippen LogP contribution in [0.25, 0.3) is 22.3 Å². The number of benzene rings is 3. The van der Waals surface area contributed by atoms with Crippen molar-refractivity contribution in [3.8, 4) is 22.3 Å². The van der Waals surface area contributed by atoms with Gasteiger partial charge in [-0.2, -0.15) is 13.2 Å². The number of hydrogen-bond acceptors (Lipinski definition) is 4. The van der Waals surface area contributed by atoms with Crippen molar-refractivity contribution in [3.63, 3.8) is 0 Å². The van der Waals surface area contributed by atoms with Gasteiger partial charge in [0.25, 0.3) is 0 Å². The van der Waals surface area contributed by atoms with Gasteiger partial charge in [0.15, 0.2) is 5.78 Å². The number of alkyl halides is 3. The van der Waals surface area contributed by atoms with Crippen molar-refractivity contribution in [1.29, 1.82) is 0 Å². The highest BCUT2D eigenvalue weighted by Crippen LogP contribution is 2.34. The van der Waals surface area contributed by atoms with E-state index in [1.165, 1.54) is 18.3 Å². The summed E-state index contributed by atoms with van der Waals surface area (Å²) in [6, 6.07) is 21.7. The second-order valence-electron chi connectivity index (χ2n) is 8.91. The Labute approximate surface area is 228 Å². The molecule has 0 aliphatic heterocycles. The number of pyridine rings is 1. The van der Waals surface area contributed by atoms with Crippen molar-refractivity contribution < 1.29 is 27.9 Å². The molecule has 0 saturated carbocycles. The van der Waals surface area contributed by atoms with Crippen LogP contribution in [0.3, 0.4) is 0 Å². The highest BCUT2D eigenvalue weighted by atomic mass is 35.5. The van der Waals surface area contributed by atoms with Gasteiger partial charge < -0.3 is 10.4 Å². The number of hydrogen-bond donors (Lipinski definition) is 2. The fourth-order valence-corrected chi connectivity index (χ4v) is 4.17. The number of nitrogens with one attached hydrogen (secondary N) is 1. The standard InChI is InChI=1S/C30H24ClF3N2O3/c31-24-11-5-19(6-12-24)20-7-13-25(14-8-20)35-17-21-4-10-23(30(32,33)34)16-26(21)22-9-15-27(36-18-22)28(37)2-1-3-29(38)39/h4-16,18,35H,1-3,17H2,(H,38,39). The molecule has 0 amide bonds. The number of carboxylic acids is 1. The van der Waals surface area contributed by atoms with E-state index >= 15 is 0 Å². The molecule has 0 saturated heterocycles. The Morgan fingerprint density at radius 2 is 1.49 bits per heavy atom. The summed E-state index contributed by atoms with van der Waals surface area (Å²) in [4.78, 5) is 27.1. The Hall–Kier alpha value is -4.17. The van der Waals surface area contributed by atoms with Crippen LogP contribution in [0.2, 0.25) is 5.02 Å². The van der Waals surface area contributed by atoms with Crippen molar-refractivity contribution >= 4 is 29.0 Å². The lowest BCUT2D eigenvalue weighted by molar-refractivity contribution is -0.138. The lowest BCUT2D eigenvalue weighted by Gasteiger charge is -2.15. The number of Topliss-reactive ketones (excluding diaryl/α,β-unsaturated/α-hetero) is 1. The van der Waals surface area contributed by atoms with Crippen LogP contribution in [0.15, 0.2) is 85.1 Å². The zero-order valence-corrected chi connectivity index (χ0v) is 21.4. The van der Waals surface area contributed by atoms with Crippen LogP contribution in [0.1, 0.15) is 40.9 Å². The van der Waals surface area contributed by atoms with Gasteiger partial charge in [0, 0.05) is 41.9 Å². The molecule has 4 rings (SSSR count). The Balaban J connectivity index is 1.53. The maximum absolute atomic E-state index is 13.5. The normalized spacial score (nSPS) is 11.3. The van der Waals surface area contributed by atoms with E-state index in [-0.39, 0.29) is 37.3 Å². The number of ketones is 1. The molecule has 0 fully saturated rings. The molecule has 0 bridgehead atoms. The highest BCUT2D eigenvalue weighted by Gasteiger charge is 2.31. The second kappa shape index (κ2) is 12.1. The molecule has 0 radical (unpaired) electrons. The van der Waals surface area contributed by atoms with Gasteiger partial charge in [0.05, 0.1) is 5.56 Å². The molecule has 3 aromatic carbocycles. The molecule has 2 N–H and O–H groups in total. The van der Waals surface area contributed by atoms with Gasteiger partial charge in [-0.1, -0.05) is 48.0 Å². The van der Waals surface area contributed by atoms with Gasteiger partial charge in [-0.15, -0.1) is 0 Å². The summed E-state index contributed by atoms with van der Waals surface area (Å²) in [6.07, 6.45) is -3.08. The minimum absolute atomic E-state index is 0.0220. The van der Waals surface area contributed by atoms with E-state index in [1.54, 1.807) is 6.07 Å². The summed E-state index contributed by atoms with van der Waals surface area (Å²) in [5.74, 6) is -1.31. The van der Waals surface area contributed by atoms with Crippen LogP contribution < -0.4 is 5.32 Å². The zero-order chi connectivity index (χ0) is 28.0. The number of nitrogens with zero attached hydrogens (tertiary/aromatic N) is 1. The average molecular weight is 553 g/mol. The van der Waals surface area contributed by atoms with Gasteiger partial charge in [-0.25, -0.2) is 0 Å². The number of carbonyl (C=O) groups excluding carboxylic acids is 1. The van der Waals surface area contributed by atoms with E-state index in [2.05, 4.69) is 10.3 Å². The molecule has 1 heterocycles. The van der Waals surface area contributed by atoms with E-state index in [1.807, 2.05) is 48.5 Å². The van der Waals surface area contributed by atoms with Gasteiger partial charge >= 0.3 is 12.1 Å². The summed E-state index contributed by atoms with van der Waals surface area (Å²) in [5, 5.41) is 12.6. The average Bonchev–Trinajstić information content (AvgIpc) is 2.92. The van der Waals surface area contributed by atoms with Crippen LogP contribution in [0.5, 0.6) is 0 Å². The van der Waals surface area contributed by atoms with Crippen LogP contribution in [0.4, 0.5) is 18.9 Å². The summed E-state index contributed by atoms with van der Waals surface area (Å²) >= 11 is 5.96. The molecule has 4 aromatic rings. The molecule has 39 heavy (non-hydrogen) atoms. The Kier molecular flexibility index (Phi) is 8.66. The van der Waals surface area contributed by atoms with Crippen molar-refractivity contribution in [2.45, 2.75) is 32.0 Å². The Morgan fingerprint density at radius 3 is 2.08 bits per heavy atom. The molecular weight excluding hydrogens is 529 g/mol.